The van der Waals surface area contributed by atoms with Crippen molar-refractivity contribution in [2.24, 2.45) is 5.92 Å². The number of nitrogens with one attached hydrogen (secondary N) is 1. The zero-order valence-corrected chi connectivity index (χ0v) is 11.3. The van der Waals surface area contributed by atoms with Gasteiger partial charge in [0.2, 0.25) is 0 Å². The van der Waals surface area contributed by atoms with E-state index in [1.165, 1.54) is 0 Å². The van der Waals surface area contributed by atoms with E-state index in [1.807, 2.05) is 6.07 Å². The molecule has 2 nitrogen and oxygen atoms in total. The summed E-state index contributed by atoms with van der Waals surface area (Å²) >= 11 is 0. The molecule has 1 aromatic carbocycles. The molecule has 0 aliphatic rings. The largest absolute Gasteiger partial charge is 0.493 e. The Bertz CT molecular complexity index is 377. The molecule has 0 aliphatic carbocycles. The maximum Gasteiger partial charge on any atom is 0.392 e. The normalized spacial score (nSPS) is 11.9. The average molecular weight is 275 g/mol. The van der Waals surface area contributed by atoms with Gasteiger partial charge in [0.25, 0.3) is 0 Å². The summed E-state index contributed by atoms with van der Waals surface area (Å²) in [6.45, 7) is 5.48. The molecular weight excluding hydrogens is 255 g/mol. The zero-order chi connectivity index (χ0) is 14.3. The smallest absolute Gasteiger partial charge is 0.392 e. The second-order valence-corrected chi connectivity index (χ2v) is 4.89. The van der Waals surface area contributed by atoms with Gasteiger partial charge in [0.15, 0.2) is 0 Å². The van der Waals surface area contributed by atoms with Crippen molar-refractivity contribution in [3.8, 4) is 5.75 Å². The molecule has 1 rings (SSSR count). The van der Waals surface area contributed by atoms with Crippen LogP contribution in [0, 0.1) is 5.92 Å². The fourth-order valence-electron chi connectivity index (χ4n) is 1.54. The first-order valence-corrected chi connectivity index (χ1v) is 6.36. The third-order valence-corrected chi connectivity index (χ3v) is 2.43. The molecule has 0 aromatic heterocycles. The molecule has 19 heavy (non-hydrogen) atoms. The summed E-state index contributed by atoms with van der Waals surface area (Å²) < 4.78 is 41.1. The van der Waals surface area contributed by atoms with E-state index in [0.29, 0.717) is 18.2 Å². The van der Waals surface area contributed by atoms with Gasteiger partial charge in [-0.05, 0) is 30.2 Å². The highest BCUT2D eigenvalue weighted by Gasteiger charge is 2.26. The maximum atomic E-state index is 12.0. The van der Waals surface area contributed by atoms with Crippen molar-refractivity contribution in [1.29, 1.82) is 0 Å². The van der Waals surface area contributed by atoms with Crippen molar-refractivity contribution in [3.05, 3.63) is 29.8 Å². The van der Waals surface area contributed by atoms with E-state index >= 15 is 0 Å². The number of rotatable bonds is 7. The first-order valence-electron chi connectivity index (χ1n) is 6.36. The number of benzene rings is 1. The van der Waals surface area contributed by atoms with Gasteiger partial charge in [-0.15, -0.1) is 0 Å². The lowest BCUT2D eigenvalue weighted by atomic mass is 10.2. The highest BCUT2D eigenvalue weighted by molar-refractivity contribution is 5.28. The van der Waals surface area contributed by atoms with Gasteiger partial charge in [0.1, 0.15) is 5.75 Å². The van der Waals surface area contributed by atoms with E-state index in [-0.39, 0.29) is 6.61 Å². The van der Waals surface area contributed by atoms with E-state index in [4.69, 9.17) is 4.74 Å². The highest BCUT2D eigenvalue weighted by Crippen LogP contribution is 2.20. The molecular formula is C14H20F3NO. The van der Waals surface area contributed by atoms with Crippen LogP contribution in [0.25, 0.3) is 0 Å². The van der Waals surface area contributed by atoms with E-state index in [1.54, 1.807) is 18.2 Å². The lowest BCUT2D eigenvalue weighted by Gasteiger charge is -2.11. The summed E-state index contributed by atoms with van der Waals surface area (Å²) in [5.41, 5.74) is 1.00. The first kappa shape index (κ1) is 15.8. The van der Waals surface area contributed by atoms with Crippen LogP contribution in [0.1, 0.15) is 25.8 Å². The van der Waals surface area contributed by atoms with E-state index in [9.17, 15) is 13.2 Å². The van der Waals surface area contributed by atoms with Crippen LogP contribution in [-0.4, -0.2) is 19.3 Å². The van der Waals surface area contributed by atoms with Gasteiger partial charge in [0.05, 0.1) is 13.0 Å². The van der Waals surface area contributed by atoms with Gasteiger partial charge in [-0.3, -0.25) is 0 Å². The molecule has 108 valence electrons. The Morgan fingerprint density at radius 1 is 1.26 bits per heavy atom. The van der Waals surface area contributed by atoms with Gasteiger partial charge in [-0.25, -0.2) is 0 Å². The van der Waals surface area contributed by atoms with E-state index in [0.717, 1.165) is 12.1 Å². The topological polar surface area (TPSA) is 21.3 Å². The van der Waals surface area contributed by atoms with Crippen LogP contribution in [0.4, 0.5) is 13.2 Å². The van der Waals surface area contributed by atoms with Crippen molar-refractivity contribution >= 4 is 0 Å². The van der Waals surface area contributed by atoms with E-state index in [2.05, 4.69) is 19.2 Å². The average Bonchev–Trinajstić information content (AvgIpc) is 2.27. The van der Waals surface area contributed by atoms with Gasteiger partial charge in [-0.2, -0.15) is 13.2 Å². The third kappa shape index (κ3) is 7.72. The van der Waals surface area contributed by atoms with Crippen LogP contribution < -0.4 is 10.1 Å². The zero-order valence-electron chi connectivity index (χ0n) is 11.3. The predicted octanol–water partition coefficient (Wildman–Crippen LogP) is 3.76. The van der Waals surface area contributed by atoms with Gasteiger partial charge in [-0.1, -0.05) is 26.0 Å². The SMILES string of the molecule is CC(C)CNCc1cccc(OCCC(F)(F)F)c1. The first-order chi connectivity index (χ1) is 8.87. The molecule has 0 radical (unpaired) electrons. The lowest BCUT2D eigenvalue weighted by molar-refractivity contribution is -0.139. The summed E-state index contributed by atoms with van der Waals surface area (Å²) in [5, 5.41) is 3.27. The number of hydrogen-bond donors (Lipinski definition) is 1. The van der Waals surface area contributed by atoms with Gasteiger partial charge < -0.3 is 10.1 Å². The second kappa shape index (κ2) is 7.38. The standard InChI is InChI=1S/C14H20F3NO/c1-11(2)9-18-10-12-4-3-5-13(8-12)19-7-6-14(15,16)17/h3-5,8,11,18H,6-7,9-10H2,1-2H3. The molecule has 0 heterocycles. The van der Waals surface area contributed by atoms with Crippen LogP contribution in [0.15, 0.2) is 24.3 Å². The number of ether oxygens (including phenoxy) is 1. The van der Waals surface area contributed by atoms with Crippen molar-refractivity contribution in [2.75, 3.05) is 13.2 Å². The Kier molecular flexibility index (Phi) is 6.15. The summed E-state index contributed by atoms with van der Waals surface area (Å²) in [5.74, 6) is 1.04. The molecule has 0 saturated heterocycles. The van der Waals surface area contributed by atoms with Crippen LogP contribution in [0.2, 0.25) is 0 Å². The van der Waals surface area contributed by atoms with Crippen molar-refractivity contribution in [1.82, 2.24) is 5.32 Å². The summed E-state index contributed by atoms with van der Waals surface area (Å²) in [6, 6.07) is 7.14. The van der Waals surface area contributed by atoms with Gasteiger partial charge >= 0.3 is 6.18 Å². The Morgan fingerprint density at radius 3 is 2.63 bits per heavy atom. The van der Waals surface area contributed by atoms with E-state index < -0.39 is 12.6 Å². The fraction of sp³-hybridized carbons (Fsp3) is 0.571. The molecule has 0 bridgehead atoms. The number of alkyl halides is 3. The molecule has 0 amide bonds. The molecule has 1 N–H and O–H groups in total. The molecule has 0 fully saturated rings. The summed E-state index contributed by atoms with van der Waals surface area (Å²) in [7, 11) is 0. The Balaban J connectivity index is 2.39. The lowest BCUT2D eigenvalue weighted by Crippen LogP contribution is -2.19. The quantitative estimate of drug-likeness (QED) is 0.818. The molecule has 0 saturated carbocycles. The van der Waals surface area contributed by atoms with Crippen molar-refractivity contribution < 1.29 is 17.9 Å². The minimum absolute atomic E-state index is 0.341. The number of halogens is 3. The molecule has 5 heteroatoms. The highest BCUT2D eigenvalue weighted by atomic mass is 19.4. The van der Waals surface area contributed by atoms with Crippen molar-refractivity contribution in [3.63, 3.8) is 0 Å². The van der Waals surface area contributed by atoms with Crippen molar-refractivity contribution in [2.45, 2.75) is 33.0 Å². The Morgan fingerprint density at radius 2 is 2.00 bits per heavy atom. The molecule has 0 unspecified atom stereocenters. The molecule has 0 aliphatic heterocycles. The molecule has 0 spiro atoms. The van der Waals surface area contributed by atoms with Crippen LogP contribution in [-0.2, 0) is 6.54 Å². The van der Waals surface area contributed by atoms with Gasteiger partial charge in [0, 0.05) is 6.54 Å². The maximum absolute atomic E-state index is 12.0. The minimum atomic E-state index is -4.17. The second-order valence-electron chi connectivity index (χ2n) is 4.89. The fourth-order valence-corrected chi connectivity index (χ4v) is 1.54. The molecule has 0 atom stereocenters. The summed E-state index contributed by atoms with van der Waals surface area (Å²) in [6.07, 6.45) is -5.10. The monoisotopic (exact) mass is 275 g/mol. The Hall–Kier alpha value is -1.23. The summed E-state index contributed by atoms with van der Waals surface area (Å²) in [4.78, 5) is 0. The number of hydrogen-bond acceptors (Lipinski definition) is 2. The minimum Gasteiger partial charge on any atom is -0.493 e. The van der Waals surface area contributed by atoms with Crippen LogP contribution >= 0.6 is 0 Å². The van der Waals surface area contributed by atoms with Crippen LogP contribution in [0.3, 0.4) is 0 Å². The Labute approximate surface area is 112 Å². The van der Waals surface area contributed by atoms with Crippen LogP contribution in [0.5, 0.6) is 5.75 Å². The molecule has 1 aromatic rings. The predicted molar refractivity (Wildman–Crippen MR) is 69.2 cm³/mol. The third-order valence-electron chi connectivity index (χ3n) is 2.43.